The Morgan fingerprint density at radius 3 is 2.19 bits per heavy atom. The number of nitrogens with zero attached hydrogens (tertiary/aromatic N) is 2. The lowest BCUT2D eigenvalue weighted by Crippen LogP contribution is -2.38. The Balaban J connectivity index is 1.22. The van der Waals surface area contributed by atoms with Crippen molar-refractivity contribution in [3.63, 3.8) is 0 Å². The van der Waals surface area contributed by atoms with Crippen LogP contribution in [0.5, 0.6) is 17.5 Å². The molecule has 1 unspecified atom stereocenters. The first-order valence-electron chi connectivity index (χ1n) is 17.8. The third-order valence-electron chi connectivity index (χ3n) is 8.96. The molecule has 1 aromatic heterocycles. The van der Waals surface area contributed by atoms with E-state index in [1.807, 2.05) is 35.1 Å². The first kappa shape index (κ1) is 40.9. The van der Waals surface area contributed by atoms with E-state index in [1.54, 1.807) is 24.3 Å². The van der Waals surface area contributed by atoms with Gasteiger partial charge in [-0.05, 0) is 85.8 Å². The molecule has 1 aliphatic rings. The van der Waals surface area contributed by atoms with Crippen LogP contribution in [0.25, 0.3) is 17.5 Å². The zero-order valence-corrected chi connectivity index (χ0v) is 31.6. The molecule has 0 spiro atoms. The molecule has 0 saturated heterocycles. The molecule has 0 bridgehead atoms. The zero-order valence-electron chi connectivity index (χ0n) is 30.8. The highest BCUT2D eigenvalue weighted by atomic mass is 32.2. The van der Waals surface area contributed by atoms with E-state index >= 15 is 0 Å². The number of amides is 3. The third kappa shape index (κ3) is 10.2. The number of hydrogen-bond acceptors (Lipinski definition) is 10. The number of benzene rings is 4. The fourth-order valence-electron chi connectivity index (χ4n) is 5.97. The number of halogens is 3. The van der Waals surface area contributed by atoms with E-state index in [-0.39, 0.29) is 40.4 Å². The highest BCUT2D eigenvalue weighted by molar-refractivity contribution is 7.90. The van der Waals surface area contributed by atoms with E-state index < -0.39 is 50.6 Å². The molecule has 1 saturated carbocycles. The van der Waals surface area contributed by atoms with Crippen LogP contribution in [0.3, 0.4) is 0 Å². The Morgan fingerprint density at radius 2 is 1.55 bits per heavy atom. The number of ether oxygens (including phenoxy) is 3. The molecular formula is C41H36F3N5O8S. The van der Waals surface area contributed by atoms with Crippen LogP contribution in [0.2, 0.25) is 0 Å². The van der Waals surface area contributed by atoms with Crippen LogP contribution in [0.1, 0.15) is 58.8 Å². The molecule has 3 amide bonds. The van der Waals surface area contributed by atoms with Crippen LogP contribution in [0.15, 0.2) is 115 Å². The summed E-state index contributed by atoms with van der Waals surface area (Å²) in [4.78, 5) is 48.3. The molecule has 1 atom stereocenters. The van der Waals surface area contributed by atoms with E-state index in [0.717, 1.165) is 25.0 Å². The number of hydrogen-bond donors (Lipinski definition) is 3. The van der Waals surface area contributed by atoms with Crippen molar-refractivity contribution >= 4 is 39.7 Å². The lowest BCUT2D eigenvalue weighted by Gasteiger charge is -2.21. The van der Waals surface area contributed by atoms with Crippen molar-refractivity contribution in [3.8, 4) is 28.9 Å². The molecule has 4 aromatic carbocycles. The molecule has 1 aliphatic carbocycles. The number of methoxy groups -OCH3 is 1. The summed E-state index contributed by atoms with van der Waals surface area (Å²) >= 11 is 0. The highest BCUT2D eigenvalue weighted by Crippen LogP contribution is 2.33. The van der Waals surface area contributed by atoms with Gasteiger partial charge in [0.15, 0.2) is 5.82 Å². The number of alkyl halides is 3. The minimum Gasteiger partial charge on any atom is -0.481 e. The van der Waals surface area contributed by atoms with Gasteiger partial charge in [0.2, 0.25) is 11.8 Å². The number of nitrogens with one attached hydrogen (secondary N) is 3. The molecule has 1 fully saturated rings. The van der Waals surface area contributed by atoms with Gasteiger partial charge in [-0.2, -0.15) is 23.1 Å². The maximum Gasteiger partial charge on any atom is 0.416 e. The fraction of sp³-hybridized carbons (Fsp3) is 0.195. The van der Waals surface area contributed by atoms with Gasteiger partial charge in [0.05, 0.1) is 23.6 Å². The third-order valence-corrected chi connectivity index (χ3v) is 10.3. The van der Waals surface area contributed by atoms with Gasteiger partial charge in [0.25, 0.3) is 21.8 Å². The van der Waals surface area contributed by atoms with Gasteiger partial charge < -0.3 is 24.8 Å². The Bertz CT molecular complexity index is 2410. The molecule has 58 heavy (non-hydrogen) atoms. The summed E-state index contributed by atoms with van der Waals surface area (Å²) in [5, 5.41) is 5.33. The maximum absolute atomic E-state index is 13.9. The van der Waals surface area contributed by atoms with Crippen LogP contribution in [-0.4, -0.2) is 49.5 Å². The predicted octanol–water partition coefficient (Wildman–Crippen LogP) is 8.07. The Hall–Kier alpha value is -6.75. The monoisotopic (exact) mass is 815 g/mol. The quantitative estimate of drug-likeness (QED) is 0.105. The molecule has 5 aromatic rings. The summed E-state index contributed by atoms with van der Waals surface area (Å²) in [7, 11) is -3.07. The first-order chi connectivity index (χ1) is 27.7. The SMILES string of the molecule is C=Cc1ccc(C(NC(=O)OC2CCCC2)C(=O)Nc2ccc(C(=O)NS(=O)(=O)c3ccc(C(F)(F)F)cc3)cc2)cc1Oc1cc(OC)nc(-c2ccccc2)n1. The number of sulfonamides is 1. The minimum absolute atomic E-state index is 0.122. The molecule has 6 rings (SSSR count). The van der Waals surface area contributed by atoms with E-state index in [1.165, 1.54) is 37.4 Å². The molecule has 1 heterocycles. The first-order valence-corrected chi connectivity index (χ1v) is 19.3. The summed E-state index contributed by atoms with van der Waals surface area (Å²) in [6.45, 7) is 3.86. The summed E-state index contributed by atoms with van der Waals surface area (Å²) < 4.78 is 83.3. The lowest BCUT2D eigenvalue weighted by atomic mass is 10.0. The van der Waals surface area contributed by atoms with Crippen LogP contribution < -0.4 is 24.8 Å². The minimum atomic E-state index is -4.67. The van der Waals surface area contributed by atoms with Gasteiger partial charge in [-0.25, -0.2) is 17.9 Å². The summed E-state index contributed by atoms with van der Waals surface area (Å²) in [5.74, 6) is -0.853. The van der Waals surface area contributed by atoms with Crippen molar-refractivity contribution in [2.45, 2.75) is 48.9 Å². The van der Waals surface area contributed by atoms with E-state index in [4.69, 9.17) is 14.2 Å². The summed E-state index contributed by atoms with van der Waals surface area (Å²) in [6.07, 6.45) is -1.08. The van der Waals surface area contributed by atoms with Crippen LogP contribution in [-0.2, 0) is 25.7 Å². The second kappa shape index (κ2) is 17.6. The summed E-state index contributed by atoms with van der Waals surface area (Å²) in [6, 6.07) is 21.9. The number of alkyl carbamates (subject to hydrolysis) is 1. The van der Waals surface area contributed by atoms with Gasteiger partial charge >= 0.3 is 12.3 Å². The van der Waals surface area contributed by atoms with Crippen molar-refractivity contribution in [1.82, 2.24) is 20.0 Å². The topological polar surface area (TPSA) is 175 Å². The number of carbonyl (C=O) groups excluding carboxylic acids is 3. The zero-order chi connectivity index (χ0) is 41.5. The van der Waals surface area contributed by atoms with Crippen LogP contribution in [0.4, 0.5) is 23.7 Å². The smallest absolute Gasteiger partial charge is 0.416 e. The maximum atomic E-state index is 13.9. The van der Waals surface area contributed by atoms with Gasteiger partial charge in [0.1, 0.15) is 17.9 Å². The van der Waals surface area contributed by atoms with Gasteiger partial charge in [0, 0.05) is 22.4 Å². The molecule has 300 valence electrons. The van der Waals surface area contributed by atoms with Crippen molar-refractivity contribution in [3.05, 3.63) is 132 Å². The van der Waals surface area contributed by atoms with Gasteiger partial charge in [-0.3, -0.25) is 9.59 Å². The second-order valence-corrected chi connectivity index (χ2v) is 14.6. The van der Waals surface area contributed by atoms with Crippen molar-refractivity contribution in [2.24, 2.45) is 0 Å². The Labute approximate surface area is 331 Å². The Morgan fingerprint density at radius 1 is 0.879 bits per heavy atom. The summed E-state index contributed by atoms with van der Waals surface area (Å²) in [5.41, 5.74) is 0.509. The average Bonchev–Trinajstić information content (AvgIpc) is 3.73. The lowest BCUT2D eigenvalue weighted by molar-refractivity contribution is -0.137. The van der Waals surface area contributed by atoms with Gasteiger partial charge in [-0.15, -0.1) is 0 Å². The number of anilines is 1. The van der Waals surface area contributed by atoms with E-state index in [0.29, 0.717) is 41.9 Å². The second-order valence-electron chi connectivity index (χ2n) is 13.0. The Kier molecular flexibility index (Phi) is 12.4. The molecule has 3 N–H and O–H groups in total. The molecule has 0 aliphatic heterocycles. The van der Waals surface area contributed by atoms with Crippen LogP contribution in [0, 0.1) is 0 Å². The average molecular weight is 816 g/mol. The van der Waals surface area contributed by atoms with E-state index in [9.17, 15) is 36.0 Å². The normalized spacial score (nSPS) is 13.5. The molecular weight excluding hydrogens is 780 g/mol. The van der Waals surface area contributed by atoms with Crippen molar-refractivity contribution < 1.29 is 50.2 Å². The van der Waals surface area contributed by atoms with E-state index in [2.05, 4.69) is 27.2 Å². The molecule has 0 radical (unpaired) electrons. The predicted molar refractivity (Wildman–Crippen MR) is 206 cm³/mol. The van der Waals surface area contributed by atoms with Crippen molar-refractivity contribution in [1.29, 1.82) is 0 Å². The standard InChI is InChI=1S/C41H36F3N5O8S/c1-3-25-13-14-28(23-33(25)57-35-24-34(55-2)46-37(47-35)26-9-5-4-6-10-26)36(48-40(52)56-31-11-7-8-12-31)39(51)45-30-19-15-27(16-20-30)38(50)49-58(53,54)32-21-17-29(18-22-32)41(42,43)44/h3-6,9-10,13-24,31,36H,1,7-8,11-12H2,2H3,(H,45,51)(H,48,52)(H,49,50). The number of aromatic nitrogens is 2. The van der Waals surface area contributed by atoms with Gasteiger partial charge in [-0.1, -0.05) is 55.1 Å². The molecule has 17 heteroatoms. The number of rotatable bonds is 13. The van der Waals surface area contributed by atoms with Crippen molar-refractivity contribution in [2.75, 3.05) is 12.4 Å². The largest absolute Gasteiger partial charge is 0.481 e. The fourth-order valence-corrected chi connectivity index (χ4v) is 6.94. The molecule has 13 nitrogen and oxygen atoms in total. The highest BCUT2D eigenvalue weighted by Gasteiger charge is 2.31. The number of carbonyl (C=O) groups is 3. The van der Waals surface area contributed by atoms with Crippen LogP contribution >= 0.6 is 0 Å².